The molecule has 0 radical (unpaired) electrons. The molecule has 25 heavy (non-hydrogen) atoms. The van der Waals surface area contributed by atoms with E-state index in [2.05, 4.69) is 0 Å². The fourth-order valence-electron chi connectivity index (χ4n) is 2.53. The summed E-state index contributed by atoms with van der Waals surface area (Å²) >= 11 is 0. The molecule has 2 rings (SSSR count). The zero-order valence-electron chi connectivity index (χ0n) is 14.3. The molecule has 0 aromatic heterocycles. The quantitative estimate of drug-likeness (QED) is 0.742. The van der Waals surface area contributed by atoms with E-state index in [-0.39, 0.29) is 36.9 Å². The van der Waals surface area contributed by atoms with Crippen LogP contribution < -0.4 is 10.5 Å². The second kappa shape index (κ2) is 8.48. The number of carbonyl (C=O) groups is 3. The van der Waals surface area contributed by atoms with Crippen molar-refractivity contribution in [1.82, 2.24) is 4.90 Å². The minimum absolute atomic E-state index is 0.0450. The number of ether oxygens (including phenoxy) is 3. The number of morpholine rings is 1. The summed E-state index contributed by atoms with van der Waals surface area (Å²) in [5.41, 5.74) is 5.26. The Labute approximate surface area is 145 Å². The maximum atomic E-state index is 12.2. The van der Waals surface area contributed by atoms with Gasteiger partial charge in [-0.25, -0.2) is 4.79 Å². The van der Waals surface area contributed by atoms with E-state index < -0.39 is 11.9 Å². The van der Waals surface area contributed by atoms with Crippen molar-refractivity contribution in [2.45, 2.75) is 26.1 Å². The van der Waals surface area contributed by atoms with Crippen molar-refractivity contribution < 1.29 is 28.6 Å². The number of amides is 2. The van der Waals surface area contributed by atoms with Gasteiger partial charge in [-0.15, -0.1) is 0 Å². The van der Waals surface area contributed by atoms with Crippen molar-refractivity contribution in [2.24, 2.45) is 5.73 Å². The Kier molecular flexibility index (Phi) is 6.35. The van der Waals surface area contributed by atoms with E-state index in [0.717, 1.165) is 0 Å². The van der Waals surface area contributed by atoms with Gasteiger partial charge in [0.1, 0.15) is 5.75 Å². The first-order valence-corrected chi connectivity index (χ1v) is 7.96. The Hall–Kier alpha value is -2.61. The lowest BCUT2D eigenvalue weighted by atomic mass is 10.2. The molecule has 0 spiro atoms. The molecule has 0 aliphatic carbocycles. The number of nitrogens with zero attached hydrogens (tertiary/aromatic N) is 1. The Morgan fingerprint density at radius 2 is 1.72 bits per heavy atom. The highest BCUT2D eigenvalue weighted by Gasteiger charge is 2.26. The van der Waals surface area contributed by atoms with Gasteiger partial charge in [-0.1, -0.05) is 0 Å². The molecule has 136 valence electrons. The number of nitrogens with two attached hydrogens (primary N) is 1. The summed E-state index contributed by atoms with van der Waals surface area (Å²) < 4.78 is 15.7. The highest BCUT2D eigenvalue weighted by molar-refractivity contribution is 5.91. The van der Waals surface area contributed by atoms with Crippen molar-refractivity contribution in [3.63, 3.8) is 0 Å². The summed E-state index contributed by atoms with van der Waals surface area (Å²) in [4.78, 5) is 36.4. The molecule has 2 amide bonds. The summed E-state index contributed by atoms with van der Waals surface area (Å²) in [7, 11) is 0. The predicted octanol–water partition coefficient (Wildman–Crippen LogP) is 0.343. The molecule has 1 aromatic carbocycles. The number of hydrogen-bond acceptors (Lipinski definition) is 6. The van der Waals surface area contributed by atoms with E-state index in [1.165, 1.54) is 24.3 Å². The number of rotatable bonds is 6. The molecule has 1 heterocycles. The van der Waals surface area contributed by atoms with Gasteiger partial charge in [-0.2, -0.15) is 0 Å². The first kappa shape index (κ1) is 18.7. The molecule has 1 saturated heterocycles. The highest BCUT2D eigenvalue weighted by atomic mass is 16.5. The van der Waals surface area contributed by atoms with Crippen LogP contribution in [0.1, 0.15) is 24.2 Å². The van der Waals surface area contributed by atoms with Crippen LogP contribution >= 0.6 is 0 Å². The van der Waals surface area contributed by atoms with Crippen molar-refractivity contribution in [3.8, 4) is 5.75 Å². The molecule has 8 nitrogen and oxygen atoms in total. The van der Waals surface area contributed by atoms with Gasteiger partial charge in [0.25, 0.3) is 11.8 Å². The average Bonchev–Trinajstić information content (AvgIpc) is 2.57. The Morgan fingerprint density at radius 1 is 1.12 bits per heavy atom. The minimum Gasteiger partial charge on any atom is -0.484 e. The summed E-state index contributed by atoms with van der Waals surface area (Å²) in [5.74, 6) is -1.04. The second-order valence-electron chi connectivity index (χ2n) is 5.91. The summed E-state index contributed by atoms with van der Waals surface area (Å²) in [6.07, 6.45) is -0.0901. The van der Waals surface area contributed by atoms with E-state index in [4.69, 9.17) is 19.9 Å². The first-order chi connectivity index (χ1) is 11.8. The molecule has 2 N–H and O–H groups in total. The van der Waals surface area contributed by atoms with Crippen LogP contribution in [0.25, 0.3) is 0 Å². The molecule has 0 bridgehead atoms. The molecule has 1 fully saturated rings. The third kappa shape index (κ3) is 5.75. The highest BCUT2D eigenvalue weighted by Crippen LogP contribution is 2.14. The van der Waals surface area contributed by atoms with Crippen LogP contribution in [0.5, 0.6) is 5.75 Å². The van der Waals surface area contributed by atoms with Gasteiger partial charge in [0.05, 0.1) is 17.8 Å². The van der Waals surface area contributed by atoms with Crippen LogP contribution in [0.3, 0.4) is 0 Å². The number of hydrogen-bond donors (Lipinski definition) is 1. The molecule has 1 aliphatic heterocycles. The van der Waals surface area contributed by atoms with Crippen molar-refractivity contribution >= 4 is 17.8 Å². The predicted molar refractivity (Wildman–Crippen MR) is 88.0 cm³/mol. The second-order valence-corrected chi connectivity index (χ2v) is 5.91. The molecule has 1 aromatic rings. The van der Waals surface area contributed by atoms with E-state index in [0.29, 0.717) is 18.8 Å². The Balaban J connectivity index is 1.83. The molecule has 0 unspecified atom stereocenters. The van der Waals surface area contributed by atoms with Crippen molar-refractivity contribution in [1.29, 1.82) is 0 Å². The summed E-state index contributed by atoms with van der Waals surface area (Å²) in [6.45, 7) is 4.18. The van der Waals surface area contributed by atoms with E-state index in [1.54, 1.807) is 4.90 Å². The molecular formula is C17H22N2O6. The summed E-state index contributed by atoms with van der Waals surface area (Å²) in [5, 5.41) is 0. The van der Waals surface area contributed by atoms with Crippen molar-refractivity contribution in [2.75, 3.05) is 26.3 Å². The number of benzene rings is 1. The topological polar surface area (TPSA) is 108 Å². The third-order valence-corrected chi connectivity index (χ3v) is 3.57. The van der Waals surface area contributed by atoms with Crippen LogP contribution in [0.2, 0.25) is 0 Å². The Morgan fingerprint density at radius 3 is 2.28 bits per heavy atom. The van der Waals surface area contributed by atoms with Crippen LogP contribution in [0.4, 0.5) is 0 Å². The van der Waals surface area contributed by atoms with Crippen LogP contribution in [-0.2, 0) is 19.1 Å². The van der Waals surface area contributed by atoms with Crippen LogP contribution in [0.15, 0.2) is 24.3 Å². The maximum Gasteiger partial charge on any atom is 0.338 e. The lowest BCUT2D eigenvalue weighted by molar-refractivity contribution is -0.146. The van der Waals surface area contributed by atoms with E-state index >= 15 is 0 Å². The number of primary amides is 1. The van der Waals surface area contributed by atoms with Crippen LogP contribution in [0, 0.1) is 0 Å². The van der Waals surface area contributed by atoms with Gasteiger partial charge < -0.3 is 24.8 Å². The molecule has 2 atom stereocenters. The minimum atomic E-state index is -0.607. The summed E-state index contributed by atoms with van der Waals surface area (Å²) in [6, 6.07) is 6.02. The lowest BCUT2D eigenvalue weighted by Crippen LogP contribution is -2.49. The first-order valence-electron chi connectivity index (χ1n) is 7.96. The fraction of sp³-hybridized carbons (Fsp3) is 0.471. The monoisotopic (exact) mass is 350 g/mol. The molecular weight excluding hydrogens is 328 g/mol. The van der Waals surface area contributed by atoms with Gasteiger partial charge in [-0.3, -0.25) is 9.59 Å². The van der Waals surface area contributed by atoms with Gasteiger partial charge in [0, 0.05) is 13.1 Å². The number of esters is 1. The van der Waals surface area contributed by atoms with Crippen molar-refractivity contribution in [3.05, 3.63) is 29.8 Å². The van der Waals surface area contributed by atoms with Gasteiger partial charge >= 0.3 is 5.97 Å². The number of carbonyl (C=O) groups excluding carboxylic acids is 3. The van der Waals surface area contributed by atoms with Crippen LogP contribution in [-0.4, -0.2) is 61.2 Å². The molecule has 1 aliphatic rings. The largest absolute Gasteiger partial charge is 0.484 e. The zero-order chi connectivity index (χ0) is 18.4. The average molecular weight is 350 g/mol. The van der Waals surface area contributed by atoms with Gasteiger partial charge in [0.2, 0.25) is 0 Å². The SMILES string of the molecule is C[C@H]1CN(C(=O)COC(=O)c2ccc(OCC(N)=O)cc2)C[C@H](C)O1. The van der Waals surface area contributed by atoms with E-state index in [9.17, 15) is 14.4 Å². The molecule has 8 heteroatoms. The lowest BCUT2D eigenvalue weighted by Gasteiger charge is -2.35. The third-order valence-electron chi connectivity index (χ3n) is 3.57. The zero-order valence-corrected chi connectivity index (χ0v) is 14.3. The maximum absolute atomic E-state index is 12.2. The Bertz CT molecular complexity index is 621. The van der Waals surface area contributed by atoms with E-state index in [1.807, 2.05) is 13.8 Å². The van der Waals surface area contributed by atoms with Gasteiger partial charge in [0.15, 0.2) is 13.2 Å². The van der Waals surface area contributed by atoms with Gasteiger partial charge in [-0.05, 0) is 38.1 Å². The molecule has 0 saturated carbocycles. The standard InChI is InChI=1S/C17H22N2O6/c1-11-7-19(8-12(2)25-11)16(21)10-24-17(22)13-3-5-14(6-4-13)23-9-15(18)20/h3-6,11-12H,7-10H2,1-2H3,(H2,18,20)/t11-,12-/m0/s1. The fourth-order valence-corrected chi connectivity index (χ4v) is 2.53. The normalized spacial score (nSPS) is 20.0. The smallest absolute Gasteiger partial charge is 0.338 e.